The Balaban J connectivity index is 1.78. The van der Waals surface area contributed by atoms with Crippen molar-refractivity contribution in [3.8, 4) is 0 Å². The smallest absolute Gasteiger partial charge is 0.150 e. The fourth-order valence-electron chi connectivity index (χ4n) is 2.45. The van der Waals surface area contributed by atoms with Crippen molar-refractivity contribution < 1.29 is 8.42 Å². The first-order valence-corrected chi connectivity index (χ1v) is 8.72. The summed E-state index contributed by atoms with van der Waals surface area (Å²) in [6.45, 7) is 0.732. The number of nitrogens with zero attached hydrogens (tertiary/aromatic N) is 2. The molecule has 1 unspecified atom stereocenters. The lowest BCUT2D eigenvalue weighted by Crippen LogP contribution is -2.08. The van der Waals surface area contributed by atoms with Gasteiger partial charge in [-0.15, -0.1) is 0 Å². The summed E-state index contributed by atoms with van der Waals surface area (Å²) in [5, 5.41) is 7.10. The first-order chi connectivity index (χ1) is 9.09. The average Bonchev–Trinajstić information content (AvgIpc) is 2.92. The van der Waals surface area contributed by atoms with Gasteiger partial charge in [-0.25, -0.2) is 13.4 Å². The number of hydrogen-bond acceptors (Lipinski definition) is 5. The van der Waals surface area contributed by atoms with Crippen molar-refractivity contribution in [2.75, 3.05) is 18.1 Å². The zero-order valence-electron chi connectivity index (χ0n) is 11.1. The van der Waals surface area contributed by atoms with E-state index in [9.17, 15) is 8.42 Å². The Morgan fingerprint density at radius 2 is 2.16 bits per heavy atom. The second kappa shape index (κ2) is 6.47. The molecule has 2 heterocycles. The van der Waals surface area contributed by atoms with Gasteiger partial charge in [0.1, 0.15) is 5.82 Å². The summed E-state index contributed by atoms with van der Waals surface area (Å²) in [6, 6.07) is 0. The third-order valence-corrected chi connectivity index (χ3v) is 5.33. The number of rotatable bonds is 7. The van der Waals surface area contributed by atoms with E-state index >= 15 is 0 Å². The molecule has 3 N–H and O–H groups in total. The summed E-state index contributed by atoms with van der Waals surface area (Å²) < 4.78 is 22.8. The molecule has 1 fully saturated rings. The number of aryl methyl sites for hydroxylation is 1. The Hall–Kier alpha value is -0.950. The van der Waals surface area contributed by atoms with Gasteiger partial charge in [-0.3, -0.25) is 5.10 Å². The SMILES string of the molecule is NCCCCCc1n[nH]c(CC2CCS(=O)(=O)C2)n1. The molecular weight excluding hydrogens is 264 g/mol. The van der Waals surface area contributed by atoms with Crippen molar-refractivity contribution in [1.29, 1.82) is 0 Å². The molecule has 0 aromatic carbocycles. The zero-order valence-corrected chi connectivity index (χ0v) is 12.0. The molecule has 1 saturated heterocycles. The topological polar surface area (TPSA) is 102 Å². The van der Waals surface area contributed by atoms with E-state index in [1.54, 1.807) is 0 Å². The lowest BCUT2D eigenvalue weighted by Gasteiger charge is -2.02. The molecule has 19 heavy (non-hydrogen) atoms. The number of H-pyrrole nitrogens is 1. The highest BCUT2D eigenvalue weighted by Gasteiger charge is 2.28. The van der Waals surface area contributed by atoms with Gasteiger partial charge in [0.2, 0.25) is 0 Å². The van der Waals surface area contributed by atoms with E-state index in [-0.39, 0.29) is 5.92 Å². The molecule has 1 atom stereocenters. The number of sulfone groups is 1. The van der Waals surface area contributed by atoms with Gasteiger partial charge in [0.25, 0.3) is 0 Å². The van der Waals surface area contributed by atoms with Gasteiger partial charge >= 0.3 is 0 Å². The van der Waals surface area contributed by atoms with Gasteiger partial charge in [-0.1, -0.05) is 6.42 Å². The minimum atomic E-state index is -2.80. The quantitative estimate of drug-likeness (QED) is 0.709. The number of nitrogens with one attached hydrogen (secondary N) is 1. The van der Waals surface area contributed by atoms with Gasteiger partial charge in [-0.05, 0) is 31.7 Å². The largest absolute Gasteiger partial charge is 0.330 e. The molecule has 6 nitrogen and oxygen atoms in total. The molecule has 0 spiro atoms. The Kier molecular flexibility index (Phi) is 4.93. The van der Waals surface area contributed by atoms with Crippen molar-refractivity contribution >= 4 is 9.84 Å². The molecule has 1 aliphatic heterocycles. The maximum absolute atomic E-state index is 11.4. The number of unbranched alkanes of at least 4 members (excludes halogenated alkanes) is 2. The Morgan fingerprint density at radius 3 is 2.84 bits per heavy atom. The minimum Gasteiger partial charge on any atom is -0.330 e. The molecule has 1 aromatic heterocycles. The zero-order chi connectivity index (χ0) is 13.7. The monoisotopic (exact) mass is 286 g/mol. The molecule has 1 aromatic rings. The Morgan fingerprint density at radius 1 is 1.32 bits per heavy atom. The van der Waals surface area contributed by atoms with Crippen LogP contribution < -0.4 is 5.73 Å². The van der Waals surface area contributed by atoms with E-state index in [4.69, 9.17) is 5.73 Å². The summed E-state index contributed by atoms with van der Waals surface area (Å²) in [6.07, 6.45) is 5.48. The number of aromatic nitrogens is 3. The predicted molar refractivity (Wildman–Crippen MR) is 73.5 cm³/mol. The van der Waals surface area contributed by atoms with Crippen LogP contribution in [-0.2, 0) is 22.7 Å². The third-order valence-electron chi connectivity index (χ3n) is 3.49. The van der Waals surface area contributed by atoms with Crippen LogP contribution in [-0.4, -0.2) is 41.6 Å². The van der Waals surface area contributed by atoms with Crippen LogP contribution in [0, 0.1) is 5.92 Å². The molecule has 0 aliphatic carbocycles. The minimum absolute atomic E-state index is 0.197. The summed E-state index contributed by atoms with van der Waals surface area (Å²) in [4.78, 5) is 4.43. The maximum Gasteiger partial charge on any atom is 0.150 e. The third kappa shape index (κ3) is 4.58. The molecule has 108 valence electrons. The second-order valence-electron chi connectivity index (χ2n) is 5.27. The first-order valence-electron chi connectivity index (χ1n) is 6.90. The van der Waals surface area contributed by atoms with Crippen LogP contribution in [0.25, 0.3) is 0 Å². The molecule has 0 bridgehead atoms. The fourth-order valence-corrected chi connectivity index (χ4v) is 4.31. The van der Waals surface area contributed by atoms with Gasteiger partial charge < -0.3 is 5.73 Å². The Labute approximate surface area is 114 Å². The van der Waals surface area contributed by atoms with Crippen molar-refractivity contribution in [2.45, 2.75) is 38.5 Å². The van der Waals surface area contributed by atoms with Crippen molar-refractivity contribution in [3.63, 3.8) is 0 Å². The van der Waals surface area contributed by atoms with Crippen LogP contribution in [0.5, 0.6) is 0 Å². The van der Waals surface area contributed by atoms with E-state index in [0.717, 1.165) is 50.3 Å². The molecule has 1 aliphatic rings. The summed E-state index contributed by atoms with van der Waals surface area (Å²) in [5.41, 5.74) is 5.44. The van der Waals surface area contributed by atoms with Gasteiger partial charge in [0.05, 0.1) is 11.5 Å². The van der Waals surface area contributed by atoms with E-state index in [0.29, 0.717) is 17.9 Å². The number of aromatic amines is 1. The van der Waals surface area contributed by atoms with E-state index < -0.39 is 9.84 Å². The van der Waals surface area contributed by atoms with Crippen LogP contribution in [0.2, 0.25) is 0 Å². The molecule has 0 radical (unpaired) electrons. The van der Waals surface area contributed by atoms with Crippen LogP contribution in [0.15, 0.2) is 0 Å². The fraction of sp³-hybridized carbons (Fsp3) is 0.833. The Bertz CT molecular complexity index is 498. The van der Waals surface area contributed by atoms with E-state index in [2.05, 4.69) is 15.2 Å². The average molecular weight is 286 g/mol. The number of nitrogens with two attached hydrogens (primary N) is 1. The molecular formula is C12H22N4O2S. The summed E-state index contributed by atoms with van der Waals surface area (Å²) in [5.74, 6) is 2.45. The normalized spacial score (nSPS) is 21.8. The van der Waals surface area contributed by atoms with Crippen LogP contribution in [0.3, 0.4) is 0 Å². The summed E-state index contributed by atoms with van der Waals surface area (Å²) >= 11 is 0. The van der Waals surface area contributed by atoms with Gasteiger partial charge in [0, 0.05) is 12.8 Å². The van der Waals surface area contributed by atoms with Crippen LogP contribution >= 0.6 is 0 Å². The lowest BCUT2D eigenvalue weighted by atomic mass is 10.1. The lowest BCUT2D eigenvalue weighted by molar-refractivity contribution is 0.569. The predicted octanol–water partition coefficient (Wildman–Crippen LogP) is 0.453. The van der Waals surface area contributed by atoms with Gasteiger partial charge in [0.15, 0.2) is 15.7 Å². The van der Waals surface area contributed by atoms with Crippen molar-refractivity contribution in [1.82, 2.24) is 15.2 Å². The molecule has 0 saturated carbocycles. The van der Waals surface area contributed by atoms with Crippen molar-refractivity contribution in [2.24, 2.45) is 11.7 Å². The van der Waals surface area contributed by atoms with E-state index in [1.807, 2.05) is 0 Å². The first kappa shape index (κ1) is 14.5. The molecule has 7 heteroatoms. The van der Waals surface area contributed by atoms with Crippen molar-refractivity contribution in [3.05, 3.63) is 11.6 Å². The molecule has 0 amide bonds. The van der Waals surface area contributed by atoms with Crippen LogP contribution in [0.4, 0.5) is 0 Å². The number of hydrogen-bond donors (Lipinski definition) is 2. The van der Waals surface area contributed by atoms with Crippen LogP contribution in [0.1, 0.15) is 37.3 Å². The highest BCUT2D eigenvalue weighted by molar-refractivity contribution is 7.91. The second-order valence-corrected chi connectivity index (χ2v) is 7.50. The molecule has 2 rings (SSSR count). The van der Waals surface area contributed by atoms with E-state index in [1.165, 1.54) is 0 Å². The standard InChI is InChI=1S/C12H22N4O2S/c13-6-3-1-2-4-11-14-12(16-15-11)8-10-5-7-19(17,18)9-10/h10H,1-9,13H2,(H,14,15,16). The maximum atomic E-state index is 11.4. The highest BCUT2D eigenvalue weighted by atomic mass is 32.2. The highest BCUT2D eigenvalue weighted by Crippen LogP contribution is 2.21. The van der Waals surface area contributed by atoms with Gasteiger partial charge in [-0.2, -0.15) is 5.10 Å². The summed E-state index contributed by atoms with van der Waals surface area (Å²) in [7, 11) is -2.80.